The summed E-state index contributed by atoms with van der Waals surface area (Å²) in [6.45, 7) is 16.9. The van der Waals surface area contributed by atoms with Crippen LogP contribution in [0.4, 0.5) is 0 Å². The summed E-state index contributed by atoms with van der Waals surface area (Å²) >= 11 is 0. The van der Waals surface area contributed by atoms with Crippen LogP contribution in [0, 0.1) is 23.7 Å². The van der Waals surface area contributed by atoms with Gasteiger partial charge in [0.25, 0.3) is 0 Å². The van der Waals surface area contributed by atoms with Crippen molar-refractivity contribution in [3.05, 3.63) is 24.3 Å². The molecule has 2 saturated carbocycles. The van der Waals surface area contributed by atoms with Gasteiger partial charge < -0.3 is 18.9 Å². The fourth-order valence-corrected chi connectivity index (χ4v) is 4.23. The number of esters is 3. The zero-order chi connectivity index (χ0) is 22.6. The third kappa shape index (κ3) is 5.72. The van der Waals surface area contributed by atoms with Crippen LogP contribution in [-0.2, 0) is 33.3 Å². The van der Waals surface area contributed by atoms with Gasteiger partial charge >= 0.3 is 17.9 Å². The maximum atomic E-state index is 11.5. The van der Waals surface area contributed by atoms with Gasteiger partial charge in [-0.25, -0.2) is 9.59 Å². The first-order chi connectivity index (χ1) is 14.0. The molecule has 2 aliphatic carbocycles. The number of fused-ring (bicyclic) bond motifs is 1. The van der Waals surface area contributed by atoms with Crippen molar-refractivity contribution in [1.82, 2.24) is 0 Å². The predicted molar refractivity (Wildman–Crippen MR) is 110 cm³/mol. The van der Waals surface area contributed by atoms with Crippen molar-refractivity contribution in [3.8, 4) is 0 Å². The molecule has 0 N–H and O–H groups in total. The molecule has 0 aromatic heterocycles. The topological polar surface area (TPSA) is 88.1 Å². The Morgan fingerprint density at radius 1 is 1.13 bits per heavy atom. The van der Waals surface area contributed by atoms with E-state index < -0.39 is 6.29 Å². The van der Waals surface area contributed by atoms with E-state index >= 15 is 0 Å². The van der Waals surface area contributed by atoms with E-state index in [1.54, 1.807) is 13.8 Å². The van der Waals surface area contributed by atoms with Gasteiger partial charge in [-0.3, -0.25) is 4.79 Å². The number of ether oxygens (including phenoxy) is 4. The van der Waals surface area contributed by atoms with Crippen molar-refractivity contribution in [1.29, 1.82) is 0 Å². The molecule has 1 saturated heterocycles. The lowest BCUT2D eigenvalue weighted by Gasteiger charge is -2.25. The Morgan fingerprint density at radius 3 is 2.30 bits per heavy atom. The summed E-state index contributed by atoms with van der Waals surface area (Å²) < 4.78 is 21.0. The summed E-state index contributed by atoms with van der Waals surface area (Å²) in [5.74, 6) is 0.210. The van der Waals surface area contributed by atoms with E-state index in [0.29, 0.717) is 36.0 Å². The van der Waals surface area contributed by atoms with Crippen LogP contribution in [0.1, 0.15) is 53.9 Å². The van der Waals surface area contributed by atoms with E-state index in [-0.39, 0.29) is 42.0 Å². The number of rotatable bonds is 8. The fraction of sp³-hybridized carbons (Fsp3) is 0.696. The highest BCUT2D eigenvalue weighted by Crippen LogP contribution is 2.55. The van der Waals surface area contributed by atoms with E-state index in [9.17, 15) is 14.4 Å². The number of hydrogen-bond donors (Lipinski definition) is 0. The molecule has 1 heterocycles. The average molecular weight is 423 g/mol. The molecule has 0 aromatic carbocycles. The molecule has 2 bridgehead atoms. The zero-order valence-corrected chi connectivity index (χ0v) is 18.6. The average Bonchev–Trinajstić information content (AvgIpc) is 3.26. The molecular formula is C23H34O7. The maximum absolute atomic E-state index is 11.5. The van der Waals surface area contributed by atoms with Crippen LogP contribution in [0.15, 0.2) is 24.3 Å². The van der Waals surface area contributed by atoms with Crippen LogP contribution in [0.3, 0.4) is 0 Å². The van der Waals surface area contributed by atoms with Gasteiger partial charge in [-0.15, -0.1) is 0 Å². The molecule has 6 atom stereocenters. The summed E-state index contributed by atoms with van der Waals surface area (Å²) in [4.78, 5) is 34.2. The highest BCUT2D eigenvalue weighted by molar-refractivity contribution is 5.87. The van der Waals surface area contributed by atoms with E-state index in [0.717, 1.165) is 12.8 Å². The van der Waals surface area contributed by atoms with Crippen molar-refractivity contribution >= 4 is 17.9 Å². The largest absolute Gasteiger partial charge is 0.458 e. The van der Waals surface area contributed by atoms with Crippen molar-refractivity contribution in [2.75, 3.05) is 6.61 Å². The second kappa shape index (κ2) is 10.2. The van der Waals surface area contributed by atoms with Crippen molar-refractivity contribution < 1.29 is 33.3 Å². The third-order valence-electron chi connectivity index (χ3n) is 5.61. The van der Waals surface area contributed by atoms with E-state index in [4.69, 9.17) is 18.9 Å². The van der Waals surface area contributed by atoms with Crippen molar-refractivity contribution in [3.63, 3.8) is 0 Å². The number of hydrogen-bond acceptors (Lipinski definition) is 7. The lowest BCUT2D eigenvalue weighted by atomic mass is 9.88. The van der Waals surface area contributed by atoms with Crippen molar-refractivity contribution in [2.24, 2.45) is 23.7 Å². The smallest absolute Gasteiger partial charge is 0.335 e. The first-order valence-electron chi connectivity index (χ1n) is 10.6. The van der Waals surface area contributed by atoms with Gasteiger partial charge in [0, 0.05) is 36.0 Å². The highest BCUT2D eigenvalue weighted by Gasteiger charge is 2.63. The first-order valence-corrected chi connectivity index (χ1v) is 10.6. The number of carbonyl (C=O) groups is 3. The molecule has 3 fully saturated rings. The first kappa shape index (κ1) is 24.1. The Balaban J connectivity index is 0.000000217. The Hall–Kier alpha value is -2.15. The normalized spacial score (nSPS) is 29.0. The minimum absolute atomic E-state index is 0.0646. The molecule has 3 rings (SSSR count). The molecular weight excluding hydrogens is 388 g/mol. The van der Waals surface area contributed by atoms with Crippen LogP contribution in [0.5, 0.6) is 0 Å². The Bertz CT molecular complexity index is 696. The Kier molecular flexibility index (Phi) is 8.24. The van der Waals surface area contributed by atoms with E-state index in [2.05, 4.69) is 27.0 Å². The summed E-state index contributed by atoms with van der Waals surface area (Å²) in [6, 6.07) is 0. The minimum Gasteiger partial charge on any atom is -0.458 e. The molecule has 7 heteroatoms. The van der Waals surface area contributed by atoms with Gasteiger partial charge in [0.2, 0.25) is 6.29 Å². The highest BCUT2D eigenvalue weighted by atomic mass is 16.7. The van der Waals surface area contributed by atoms with Gasteiger partial charge in [0.1, 0.15) is 12.2 Å². The summed E-state index contributed by atoms with van der Waals surface area (Å²) in [5.41, 5.74) is 0.794. The number of carbonyl (C=O) groups excluding carboxylic acids is 3. The molecule has 0 amide bonds. The minimum atomic E-state index is -0.441. The lowest BCUT2D eigenvalue weighted by molar-refractivity contribution is -0.176. The molecule has 0 radical (unpaired) electrons. The molecule has 6 unspecified atom stereocenters. The molecule has 0 spiro atoms. The van der Waals surface area contributed by atoms with Crippen LogP contribution < -0.4 is 0 Å². The molecule has 0 aromatic rings. The summed E-state index contributed by atoms with van der Waals surface area (Å²) in [7, 11) is 0. The monoisotopic (exact) mass is 422 g/mol. The fourth-order valence-electron chi connectivity index (χ4n) is 4.23. The quantitative estimate of drug-likeness (QED) is 0.256. The molecule has 168 valence electrons. The van der Waals surface area contributed by atoms with Crippen LogP contribution in [-0.4, -0.2) is 43.0 Å². The summed E-state index contributed by atoms with van der Waals surface area (Å²) in [6.07, 6.45) is 1.61. The lowest BCUT2D eigenvalue weighted by Crippen LogP contribution is -2.36. The van der Waals surface area contributed by atoms with Gasteiger partial charge in [0.15, 0.2) is 0 Å². The predicted octanol–water partition coefficient (Wildman–Crippen LogP) is 3.57. The molecule has 7 nitrogen and oxygen atoms in total. The zero-order valence-electron chi connectivity index (χ0n) is 18.6. The second-order valence-electron chi connectivity index (χ2n) is 8.75. The third-order valence-corrected chi connectivity index (χ3v) is 5.61. The maximum Gasteiger partial charge on any atom is 0.335 e. The molecule has 30 heavy (non-hydrogen) atoms. The van der Waals surface area contributed by atoms with Crippen LogP contribution in [0.2, 0.25) is 0 Å². The van der Waals surface area contributed by atoms with Crippen molar-refractivity contribution in [2.45, 2.75) is 72.4 Å². The summed E-state index contributed by atoms with van der Waals surface area (Å²) in [5, 5.41) is 0. The Morgan fingerprint density at radius 2 is 1.77 bits per heavy atom. The van der Waals surface area contributed by atoms with E-state index in [1.807, 2.05) is 6.92 Å². The van der Waals surface area contributed by atoms with Gasteiger partial charge in [0.05, 0.1) is 5.92 Å². The van der Waals surface area contributed by atoms with Gasteiger partial charge in [-0.2, -0.15) is 0 Å². The van der Waals surface area contributed by atoms with Gasteiger partial charge in [-0.05, 0) is 39.5 Å². The van der Waals surface area contributed by atoms with Gasteiger partial charge in [-0.1, -0.05) is 27.0 Å². The molecule has 3 aliphatic rings. The standard InChI is InChI=1S/C12H14O4.C11H20O3/c1-5(2)11(13)15-9-6-3-7-8(4-6)12(14)16-10(7)9;1-6-13-10(7-8(2)3)14-11(12)9(4)5/h6-10H,1,3-4H2,2H3;8,10H,4,6-7H2,1-3,5H3. The van der Waals surface area contributed by atoms with Crippen LogP contribution in [0.25, 0.3) is 0 Å². The SMILES string of the molecule is C=C(C)C(=O)OC(CC(C)C)OCC.C=C(C)C(=O)OC1C2CC3C(=O)OC1C3C2. The molecule has 1 aliphatic heterocycles. The van der Waals surface area contributed by atoms with Crippen LogP contribution >= 0.6 is 0 Å². The Labute approximate surface area is 178 Å². The van der Waals surface area contributed by atoms with E-state index in [1.165, 1.54) is 0 Å². The second-order valence-corrected chi connectivity index (χ2v) is 8.75.